The van der Waals surface area contributed by atoms with Gasteiger partial charge in [0.1, 0.15) is 5.82 Å². The van der Waals surface area contributed by atoms with Crippen LogP contribution < -0.4 is 5.32 Å². The van der Waals surface area contributed by atoms with E-state index in [2.05, 4.69) is 35.6 Å². The number of rotatable bonds is 10. The summed E-state index contributed by atoms with van der Waals surface area (Å²) in [5.41, 5.74) is 2.25. The molecule has 0 aliphatic carbocycles. The predicted molar refractivity (Wildman–Crippen MR) is 148 cm³/mol. The summed E-state index contributed by atoms with van der Waals surface area (Å²) in [5, 5.41) is 2.79. The molecule has 0 radical (unpaired) electrons. The molecule has 0 unspecified atom stereocenters. The van der Waals surface area contributed by atoms with Gasteiger partial charge in [-0.3, -0.25) is 9.78 Å². The van der Waals surface area contributed by atoms with E-state index in [4.69, 9.17) is 9.72 Å². The largest absolute Gasteiger partial charge is 0.381 e. The maximum absolute atomic E-state index is 13.6. The van der Waals surface area contributed by atoms with E-state index in [1.165, 1.54) is 6.92 Å². The van der Waals surface area contributed by atoms with E-state index >= 15 is 0 Å². The molecule has 1 aromatic carbocycles. The molecule has 0 spiro atoms. The average molecular weight is 541 g/mol. The Labute approximate surface area is 226 Å². The Morgan fingerprint density at radius 3 is 2.53 bits per heavy atom. The predicted octanol–water partition coefficient (Wildman–Crippen LogP) is 4.84. The van der Waals surface area contributed by atoms with Crippen molar-refractivity contribution < 1.29 is 17.9 Å². The van der Waals surface area contributed by atoms with Crippen molar-refractivity contribution in [3.05, 3.63) is 48.0 Å². The van der Waals surface area contributed by atoms with Crippen molar-refractivity contribution in [2.45, 2.75) is 88.0 Å². The molecule has 3 heterocycles. The summed E-state index contributed by atoms with van der Waals surface area (Å²) in [7, 11) is -3.72. The lowest BCUT2D eigenvalue weighted by atomic mass is 9.94. The zero-order valence-electron chi connectivity index (χ0n) is 23.0. The Morgan fingerprint density at radius 2 is 1.82 bits per heavy atom. The van der Waals surface area contributed by atoms with Crippen molar-refractivity contribution in [3.63, 3.8) is 0 Å². The summed E-state index contributed by atoms with van der Waals surface area (Å²) in [5.74, 6) is 1.47. The van der Waals surface area contributed by atoms with Gasteiger partial charge in [-0.05, 0) is 68.4 Å². The fourth-order valence-corrected chi connectivity index (χ4v) is 6.31. The fraction of sp³-hybridized carbons (Fsp3) is 0.552. The van der Waals surface area contributed by atoms with E-state index in [0.717, 1.165) is 68.9 Å². The van der Waals surface area contributed by atoms with Gasteiger partial charge in [0.25, 0.3) is 0 Å². The molecule has 1 N–H and O–H groups in total. The normalized spacial score (nSPS) is 15.2. The Kier molecular flexibility index (Phi) is 8.88. The van der Waals surface area contributed by atoms with Crippen molar-refractivity contribution in [3.8, 4) is 0 Å². The van der Waals surface area contributed by atoms with E-state index in [1.807, 2.05) is 6.07 Å². The molecule has 8 nitrogen and oxygen atoms in total. The van der Waals surface area contributed by atoms with E-state index in [0.29, 0.717) is 24.4 Å². The monoisotopic (exact) mass is 540 g/mol. The van der Waals surface area contributed by atoms with Gasteiger partial charge in [-0.15, -0.1) is 0 Å². The van der Waals surface area contributed by atoms with Crippen LogP contribution in [0.1, 0.15) is 71.3 Å². The second kappa shape index (κ2) is 11.9. The molecule has 1 aliphatic rings. The number of unbranched alkanes of at least 4 members (excludes halogenated alkanes) is 2. The molecule has 1 aliphatic heterocycles. The summed E-state index contributed by atoms with van der Waals surface area (Å²) in [6.45, 7) is 11.0. The Morgan fingerprint density at radius 1 is 1.08 bits per heavy atom. The third kappa shape index (κ3) is 6.80. The molecule has 1 saturated heterocycles. The first-order chi connectivity index (χ1) is 18.1. The second-order valence-electron chi connectivity index (χ2n) is 11.3. The molecule has 206 valence electrons. The van der Waals surface area contributed by atoms with Crippen molar-refractivity contribution in [2.24, 2.45) is 5.92 Å². The lowest BCUT2D eigenvalue weighted by Crippen LogP contribution is -2.25. The molecule has 1 fully saturated rings. The third-order valence-electron chi connectivity index (χ3n) is 7.06. The van der Waals surface area contributed by atoms with Crippen LogP contribution in [0, 0.1) is 5.92 Å². The van der Waals surface area contributed by atoms with Crippen LogP contribution in [-0.4, -0.2) is 48.6 Å². The summed E-state index contributed by atoms with van der Waals surface area (Å²) >= 11 is 0. The van der Waals surface area contributed by atoms with Crippen molar-refractivity contribution >= 4 is 26.8 Å². The zero-order valence-corrected chi connectivity index (χ0v) is 23.8. The lowest BCUT2D eigenvalue weighted by Gasteiger charge is -2.26. The first-order valence-electron chi connectivity index (χ1n) is 13.6. The van der Waals surface area contributed by atoms with Crippen LogP contribution in [0.4, 0.5) is 0 Å². The minimum atomic E-state index is -3.72. The van der Waals surface area contributed by atoms with Crippen molar-refractivity contribution in [1.29, 1.82) is 0 Å². The molecule has 0 bridgehead atoms. The van der Waals surface area contributed by atoms with E-state index in [9.17, 15) is 13.2 Å². The number of sulfone groups is 1. The van der Waals surface area contributed by atoms with Gasteiger partial charge in [0, 0.05) is 50.5 Å². The summed E-state index contributed by atoms with van der Waals surface area (Å²) < 4.78 is 35.0. The molecule has 9 heteroatoms. The average Bonchev–Trinajstić information content (AvgIpc) is 3.25. The van der Waals surface area contributed by atoms with Crippen LogP contribution in [0.15, 0.2) is 46.3 Å². The maximum atomic E-state index is 13.6. The highest BCUT2D eigenvalue weighted by molar-refractivity contribution is 7.91. The third-order valence-corrected chi connectivity index (χ3v) is 8.81. The van der Waals surface area contributed by atoms with Crippen molar-refractivity contribution in [1.82, 2.24) is 19.9 Å². The standard InChI is InChI=1S/C29H40N4O4S/c1-21(34)30-14-7-5-6-8-23-18-25(11-15-31-23)38(35,36)24-9-10-27-26(19-24)32-28(29(2,3)4)33(27)20-22-12-16-37-17-13-22/h9-11,15,18-19,22H,5-8,12-14,16-17,20H2,1-4H3,(H,30,34). The van der Waals surface area contributed by atoms with E-state index in [1.54, 1.807) is 30.5 Å². The smallest absolute Gasteiger partial charge is 0.216 e. The second-order valence-corrected chi connectivity index (χ2v) is 13.2. The number of nitrogens with zero attached hydrogens (tertiary/aromatic N) is 3. The Balaban J connectivity index is 1.55. The van der Waals surface area contributed by atoms with Crippen molar-refractivity contribution in [2.75, 3.05) is 19.8 Å². The number of nitrogens with one attached hydrogen (secondary N) is 1. The number of aromatic nitrogens is 3. The van der Waals surface area contributed by atoms with Crippen LogP contribution in [0.2, 0.25) is 0 Å². The van der Waals surface area contributed by atoms with Gasteiger partial charge < -0.3 is 14.6 Å². The number of aryl methyl sites for hydroxylation is 1. The topological polar surface area (TPSA) is 103 Å². The first-order valence-corrected chi connectivity index (χ1v) is 15.1. The first kappa shape index (κ1) is 28.2. The highest BCUT2D eigenvalue weighted by Crippen LogP contribution is 2.31. The van der Waals surface area contributed by atoms with Gasteiger partial charge in [0.2, 0.25) is 15.7 Å². The molecule has 38 heavy (non-hydrogen) atoms. The Hall–Kier alpha value is -2.78. The number of hydrogen-bond acceptors (Lipinski definition) is 6. The molecular weight excluding hydrogens is 500 g/mol. The van der Waals surface area contributed by atoms with Crippen LogP contribution in [0.25, 0.3) is 11.0 Å². The molecule has 4 rings (SSSR count). The number of benzene rings is 1. The molecule has 2 aromatic heterocycles. The number of carbonyl (C=O) groups excluding carboxylic acids is 1. The van der Waals surface area contributed by atoms with Gasteiger partial charge in [0.15, 0.2) is 0 Å². The zero-order chi connectivity index (χ0) is 27.3. The Bertz CT molecular complexity index is 1370. The van der Waals surface area contributed by atoms with Gasteiger partial charge in [-0.1, -0.05) is 27.2 Å². The van der Waals surface area contributed by atoms with Gasteiger partial charge >= 0.3 is 0 Å². The van der Waals surface area contributed by atoms with Gasteiger partial charge in [-0.25, -0.2) is 13.4 Å². The molecule has 1 amide bonds. The molecule has 3 aromatic rings. The highest BCUT2D eigenvalue weighted by atomic mass is 32.2. The number of pyridine rings is 1. The number of amides is 1. The number of fused-ring (bicyclic) bond motifs is 1. The number of carbonyl (C=O) groups is 1. The van der Waals surface area contributed by atoms with Crippen LogP contribution in [0.3, 0.4) is 0 Å². The quantitative estimate of drug-likeness (QED) is 0.369. The van der Waals surface area contributed by atoms with Crippen LogP contribution in [-0.2, 0) is 37.7 Å². The summed E-state index contributed by atoms with van der Waals surface area (Å²) in [4.78, 5) is 20.8. The van der Waals surface area contributed by atoms with E-state index in [-0.39, 0.29) is 21.1 Å². The highest BCUT2D eigenvalue weighted by Gasteiger charge is 2.27. The number of ether oxygens (including phenoxy) is 1. The fourth-order valence-electron chi connectivity index (χ4n) is 4.99. The number of hydrogen-bond donors (Lipinski definition) is 1. The molecular formula is C29H40N4O4S. The van der Waals surface area contributed by atoms with Gasteiger partial charge in [0.05, 0.1) is 20.8 Å². The minimum Gasteiger partial charge on any atom is -0.381 e. The molecule has 0 saturated carbocycles. The lowest BCUT2D eigenvalue weighted by molar-refractivity contribution is -0.118. The molecule has 0 atom stereocenters. The maximum Gasteiger partial charge on any atom is 0.216 e. The summed E-state index contributed by atoms with van der Waals surface area (Å²) in [6, 6.07) is 8.56. The number of imidazole rings is 1. The minimum absolute atomic E-state index is 0.0246. The van der Waals surface area contributed by atoms with Gasteiger partial charge in [-0.2, -0.15) is 0 Å². The van der Waals surface area contributed by atoms with Crippen LogP contribution >= 0.6 is 0 Å². The van der Waals surface area contributed by atoms with Crippen LogP contribution in [0.5, 0.6) is 0 Å². The summed E-state index contributed by atoms with van der Waals surface area (Å²) in [6.07, 6.45) is 7.00. The van der Waals surface area contributed by atoms with E-state index < -0.39 is 9.84 Å². The SMILES string of the molecule is CC(=O)NCCCCCc1cc(S(=O)(=O)c2ccc3c(c2)nc(C(C)(C)C)n3CC2CCOCC2)ccn1.